The second-order valence-electron chi connectivity index (χ2n) is 5.42. The van der Waals surface area contributed by atoms with Crippen molar-refractivity contribution in [2.45, 2.75) is 65.1 Å². The van der Waals surface area contributed by atoms with Gasteiger partial charge >= 0.3 is 0 Å². The first-order valence-corrected chi connectivity index (χ1v) is 7.20. The van der Waals surface area contributed by atoms with E-state index in [1.165, 1.54) is 0 Å². The van der Waals surface area contributed by atoms with Crippen LogP contribution in [0.15, 0.2) is 6.33 Å². The van der Waals surface area contributed by atoms with Crippen LogP contribution in [-0.2, 0) is 17.7 Å². The van der Waals surface area contributed by atoms with Crippen molar-refractivity contribution < 1.29 is 4.74 Å². The second-order valence-corrected chi connectivity index (χ2v) is 5.42. The fourth-order valence-electron chi connectivity index (χ4n) is 2.05. The molecule has 0 amide bonds. The molecule has 0 aromatic carbocycles. The highest BCUT2D eigenvalue weighted by atomic mass is 16.5. The molecule has 0 aliphatic carbocycles. The van der Waals surface area contributed by atoms with Crippen LogP contribution in [0.2, 0.25) is 0 Å². The van der Waals surface area contributed by atoms with E-state index >= 15 is 0 Å². The number of aromatic nitrogens is 3. The lowest BCUT2D eigenvalue weighted by atomic mass is 9.95. The van der Waals surface area contributed by atoms with Gasteiger partial charge < -0.3 is 10.1 Å². The van der Waals surface area contributed by atoms with Crippen LogP contribution in [0.25, 0.3) is 0 Å². The van der Waals surface area contributed by atoms with Gasteiger partial charge in [0.2, 0.25) is 0 Å². The van der Waals surface area contributed by atoms with Gasteiger partial charge in [0, 0.05) is 26.1 Å². The molecule has 0 radical (unpaired) electrons. The summed E-state index contributed by atoms with van der Waals surface area (Å²) in [6.07, 6.45) is 4.65. The van der Waals surface area contributed by atoms with Crippen molar-refractivity contribution in [2.75, 3.05) is 13.7 Å². The third-order valence-corrected chi connectivity index (χ3v) is 3.52. The predicted molar refractivity (Wildman–Crippen MR) is 77.2 cm³/mol. The van der Waals surface area contributed by atoms with Gasteiger partial charge in [0.15, 0.2) is 0 Å². The van der Waals surface area contributed by atoms with Gasteiger partial charge in [-0.25, -0.2) is 4.98 Å². The van der Waals surface area contributed by atoms with E-state index < -0.39 is 0 Å². The summed E-state index contributed by atoms with van der Waals surface area (Å²) in [5, 5.41) is 7.85. The van der Waals surface area contributed by atoms with Crippen LogP contribution in [-0.4, -0.2) is 40.1 Å². The molecule has 1 rings (SSSR count). The van der Waals surface area contributed by atoms with Crippen LogP contribution in [0.4, 0.5) is 0 Å². The van der Waals surface area contributed by atoms with E-state index in [0.717, 1.165) is 38.2 Å². The van der Waals surface area contributed by atoms with E-state index in [0.29, 0.717) is 0 Å². The maximum absolute atomic E-state index is 5.63. The molecule has 1 unspecified atom stereocenters. The number of ether oxygens (including phenoxy) is 1. The Hall–Kier alpha value is -0.940. The molecule has 5 nitrogen and oxygen atoms in total. The lowest BCUT2D eigenvalue weighted by Gasteiger charge is -2.33. The Kier molecular flexibility index (Phi) is 6.45. The van der Waals surface area contributed by atoms with E-state index in [-0.39, 0.29) is 11.6 Å². The molecule has 19 heavy (non-hydrogen) atoms. The number of methoxy groups -OCH3 is 1. The van der Waals surface area contributed by atoms with Gasteiger partial charge in [-0.15, -0.1) is 0 Å². The van der Waals surface area contributed by atoms with Crippen LogP contribution >= 0.6 is 0 Å². The zero-order valence-electron chi connectivity index (χ0n) is 12.9. The van der Waals surface area contributed by atoms with Crippen LogP contribution < -0.4 is 5.32 Å². The zero-order chi connectivity index (χ0) is 14.3. The van der Waals surface area contributed by atoms with Crippen molar-refractivity contribution in [1.29, 1.82) is 0 Å². The van der Waals surface area contributed by atoms with Crippen molar-refractivity contribution in [3.8, 4) is 0 Å². The third kappa shape index (κ3) is 4.58. The maximum Gasteiger partial charge on any atom is 0.138 e. The molecular weight excluding hydrogens is 240 g/mol. The van der Waals surface area contributed by atoms with E-state index in [2.05, 4.69) is 43.1 Å². The predicted octanol–water partition coefficient (Wildman–Crippen LogP) is 2.02. The third-order valence-electron chi connectivity index (χ3n) is 3.52. The minimum atomic E-state index is -0.224. The quantitative estimate of drug-likeness (QED) is 0.744. The molecule has 110 valence electrons. The molecule has 1 heterocycles. The van der Waals surface area contributed by atoms with E-state index in [9.17, 15) is 0 Å². The van der Waals surface area contributed by atoms with Crippen LogP contribution in [0, 0.1) is 0 Å². The summed E-state index contributed by atoms with van der Waals surface area (Å²) in [4.78, 5) is 4.39. The zero-order valence-corrected chi connectivity index (χ0v) is 12.9. The molecule has 0 saturated heterocycles. The fraction of sp³-hybridized carbons (Fsp3) is 0.857. The SMILES string of the molecule is CCCNC(Cc1ncnn1CCC)C(C)(C)OC. The molecule has 1 aromatic rings. The Labute approximate surface area is 116 Å². The van der Waals surface area contributed by atoms with Crippen LogP contribution in [0.1, 0.15) is 46.4 Å². The van der Waals surface area contributed by atoms with E-state index in [4.69, 9.17) is 4.74 Å². The Morgan fingerprint density at radius 1 is 1.37 bits per heavy atom. The van der Waals surface area contributed by atoms with Crippen molar-refractivity contribution in [3.05, 3.63) is 12.2 Å². The summed E-state index contributed by atoms with van der Waals surface area (Å²) in [5.74, 6) is 1.03. The summed E-state index contributed by atoms with van der Waals surface area (Å²) < 4.78 is 7.62. The summed E-state index contributed by atoms with van der Waals surface area (Å²) >= 11 is 0. The Morgan fingerprint density at radius 2 is 2.11 bits per heavy atom. The van der Waals surface area contributed by atoms with Gasteiger partial charge in [0.1, 0.15) is 12.2 Å². The van der Waals surface area contributed by atoms with Gasteiger partial charge in [0.05, 0.1) is 5.60 Å². The van der Waals surface area contributed by atoms with Gasteiger partial charge in [-0.2, -0.15) is 5.10 Å². The van der Waals surface area contributed by atoms with E-state index in [1.807, 2.05) is 4.68 Å². The number of aryl methyl sites for hydroxylation is 1. The summed E-state index contributed by atoms with van der Waals surface area (Å²) in [6, 6.07) is 0.234. The smallest absolute Gasteiger partial charge is 0.138 e. The first-order valence-electron chi connectivity index (χ1n) is 7.20. The molecule has 5 heteroatoms. The number of rotatable bonds is 9. The van der Waals surface area contributed by atoms with Crippen molar-refractivity contribution >= 4 is 0 Å². The molecule has 1 N–H and O–H groups in total. The highest BCUT2D eigenvalue weighted by molar-refractivity contribution is 4.96. The Bertz CT molecular complexity index is 362. The standard InChI is InChI=1S/C14H28N4O/c1-6-8-15-12(14(3,4)19-5)10-13-16-11-17-18(13)9-7-2/h11-12,15H,6-10H2,1-5H3. The molecule has 0 aliphatic rings. The van der Waals surface area contributed by atoms with Gasteiger partial charge in [-0.1, -0.05) is 13.8 Å². The molecule has 1 atom stereocenters. The Morgan fingerprint density at radius 3 is 2.68 bits per heavy atom. The summed E-state index contributed by atoms with van der Waals surface area (Å²) in [6.45, 7) is 10.4. The lowest BCUT2D eigenvalue weighted by molar-refractivity contribution is -0.0107. The maximum atomic E-state index is 5.63. The van der Waals surface area contributed by atoms with Crippen LogP contribution in [0.3, 0.4) is 0 Å². The molecule has 1 aromatic heterocycles. The second kappa shape index (κ2) is 7.60. The molecule has 0 fully saturated rings. The minimum Gasteiger partial charge on any atom is -0.377 e. The largest absolute Gasteiger partial charge is 0.377 e. The number of hydrogen-bond acceptors (Lipinski definition) is 4. The average Bonchev–Trinajstić information content (AvgIpc) is 2.82. The number of nitrogens with one attached hydrogen (secondary N) is 1. The number of nitrogens with zero attached hydrogens (tertiary/aromatic N) is 3. The number of hydrogen-bond donors (Lipinski definition) is 1. The Balaban J connectivity index is 2.78. The molecule has 0 saturated carbocycles. The molecule has 0 spiro atoms. The molecule has 0 bridgehead atoms. The average molecular weight is 268 g/mol. The van der Waals surface area contributed by atoms with Crippen molar-refractivity contribution in [2.24, 2.45) is 0 Å². The molecule has 0 aliphatic heterocycles. The van der Waals surface area contributed by atoms with Gasteiger partial charge in [0.25, 0.3) is 0 Å². The lowest BCUT2D eigenvalue weighted by Crippen LogP contribution is -2.50. The highest BCUT2D eigenvalue weighted by Gasteiger charge is 2.30. The highest BCUT2D eigenvalue weighted by Crippen LogP contribution is 2.17. The molecular formula is C14H28N4O. The topological polar surface area (TPSA) is 52.0 Å². The first-order chi connectivity index (χ1) is 9.05. The van der Waals surface area contributed by atoms with Gasteiger partial charge in [-0.05, 0) is 33.2 Å². The van der Waals surface area contributed by atoms with Crippen molar-refractivity contribution in [1.82, 2.24) is 20.1 Å². The normalized spacial score (nSPS) is 13.7. The summed E-state index contributed by atoms with van der Waals surface area (Å²) in [7, 11) is 1.76. The summed E-state index contributed by atoms with van der Waals surface area (Å²) in [5.41, 5.74) is -0.224. The van der Waals surface area contributed by atoms with E-state index in [1.54, 1.807) is 13.4 Å². The minimum absolute atomic E-state index is 0.224. The monoisotopic (exact) mass is 268 g/mol. The van der Waals surface area contributed by atoms with Crippen molar-refractivity contribution in [3.63, 3.8) is 0 Å². The first kappa shape index (κ1) is 16.1. The fourth-order valence-corrected chi connectivity index (χ4v) is 2.05. The van der Waals surface area contributed by atoms with Crippen LogP contribution in [0.5, 0.6) is 0 Å². The van der Waals surface area contributed by atoms with Gasteiger partial charge in [-0.3, -0.25) is 4.68 Å².